The van der Waals surface area contributed by atoms with E-state index in [1.165, 1.54) is 0 Å². The first-order valence-corrected chi connectivity index (χ1v) is 11.9. The number of allylic oxidation sites excluding steroid dienone is 1. The van der Waals surface area contributed by atoms with Gasteiger partial charge in [0.2, 0.25) is 5.91 Å². The van der Waals surface area contributed by atoms with Gasteiger partial charge in [0.15, 0.2) is 0 Å². The van der Waals surface area contributed by atoms with Gasteiger partial charge in [-0.3, -0.25) is 4.79 Å². The average molecular weight is 486 g/mol. The van der Waals surface area contributed by atoms with Crippen LogP contribution >= 0.6 is 0 Å². The number of nitrogens with one attached hydrogen (secondary N) is 1. The van der Waals surface area contributed by atoms with E-state index in [1.54, 1.807) is 26.6 Å². The van der Waals surface area contributed by atoms with E-state index < -0.39 is 0 Å². The van der Waals surface area contributed by atoms with Crippen LogP contribution < -0.4 is 19.5 Å². The Morgan fingerprint density at radius 1 is 1.00 bits per heavy atom. The lowest BCUT2D eigenvalue weighted by Gasteiger charge is -2.12. The maximum Gasteiger partial charge on any atom is 0.244 e. The van der Waals surface area contributed by atoms with Crippen molar-refractivity contribution in [2.75, 3.05) is 27.4 Å². The Balaban J connectivity index is 1.57. The van der Waals surface area contributed by atoms with E-state index in [9.17, 15) is 4.79 Å². The Kier molecular flexibility index (Phi) is 7.95. The molecule has 0 atom stereocenters. The third kappa shape index (κ3) is 5.71. The molecule has 0 aliphatic carbocycles. The topological polar surface area (TPSA) is 69.9 Å². The van der Waals surface area contributed by atoms with Crippen molar-refractivity contribution < 1.29 is 23.4 Å². The Morgan fingerprint density at radius 3 is 2.50 bits per heavy atom. The SMILES string of the molecule is CCOc1cc2occ(-c3cccc(OC)c3)c2cc1/C(C)=C/C(=O)NCCc1cccc(OC)c1. The molecule has 0 saturated heterocycles. The smallest absolute Gasteiger partial charge is 0.244 e. The number of ether oxygens (including phenoxy) is 3. The highest BCUT2D eigenvalue weighted by atomic mass is 16.5. The van der Waals surface area contributed by atoms with Crippen LogP contribution in [0.5, 0.6) is 17.2 Å². The second kappa shape index (κ2) is 11.5. The van der Waals surface area contributed by atoms with Crippen molar-refractivity contribution in [2.24, 2.45) is 0 Å². The minimum absolute atomic E-state index is 0.154. The summed E-state index contributed by atoms with van der Waals surface area (Å²) in [5.74, 6) is 2.10. The molecule has 0 spiro atoms. The van der Waals surface area contributed by atoms with Gasteiger partial charge < -0.3 is 23.9 Å². The van der Waals surface area contributed by atoms with Gasteiger partial charge in [-0.25, -0.2) is 0 Å². The van der Waals surface area contributed by atoms with E-state index in [2.05, 4.69) is 5.32 Å². The summed E-state index contributed by atoms with van der Waals surface area (Å²) in [5.41, 5.74) is 5.40. The van der Waals surface area contributed by atoms with Gasteiger partial charge in [0, 0.05) is 35.2 Å². The lowest BCUT2D eigenvalue weighted by molar-refractivity contribution is -0.116. The summed E-state index contributed by atoms with van der Waals surface area (Å²) in [6.45, 7) is 4.87. The van der Waals surface area contributed by atoms with Crippen molar-refractivity contribution >= 4 is 22.4 Å². The van der Waals surface area contributed by atoms with Crippen LogP contribution in [0.4, 0.5) is 0 Å². The summed E-state index contributed by atoms with van der Waals surface area (Å²) in [6, 6.07) is 19.6. The second-order valence-corrected chi connectivity index (χ2v) is 8.38. The van der Waals surface area contributed by atoms with E-state index in [0.29, 0.717) is 25.3 Å². The fraction of sp³-hybridized carbons (Fsp3) is 0.233. The standard InChI is InChI=1S/C30H31NO5/c1-5-35-28-18-29-26(27(19-36-29)22-9-7-11-24(16-22)34-4)17-25(28)20(2)14-30(32)31-13-12-21-8-6-10-23(15-21)33-3/h6-11,14-19H,5,12-13H2,1-4H3,(H,31,32)/b20-14+. The molecule has 4 rings (SSSR count). The number of carbonyl (C=O) groups excluding carboxylic acids is 1. The van der Waals surface area contributed by atoms with E-state index in [0.717, 1.165) is 50.3 Å². The van der Waals surface area contributed by atoms with Crippen molar-refractivity contribution in [1.29, 1.82) is 0 Å². The van der Waals surface area contributed by atoms with Crippen molar-refractivity contribution in [3.63, 3.8) is 0 Å². The molecule has 3 aromatic carbocycles. The molecule has 0 saturated carbocycles. The first kappa shape index (κ1) is 24.9. The Bertz CT molecular complexity index is 1390. The van der Waals surface area contributed by atoms with Crippen molar-refractivity contribution in [3.8, 4) is 28.4 Å². The van der Waals surface area contributed by atoms with Crippen LogP contribution in [-0.2, 0) is 11.2 Å². The number of furan rings is 1. The Labute approximate surface area is 211 Å². The lowest BCUT2D eigenvalue weighted by Crippen LogP contribution is -2.23. The van der Waals surface area contributed by atoms with Crippen molar-refractivity contribution in [3.05, 3.63) is 84.1 Å². The summed E-state index contributed by atoms with van der Waals surface area (Å²) < 4.78 is 22.4. The zero-order valence-electron chi connectivity index (χ0n) is 21.1. The molecule has 0 unspecified atom stereocenters. The van der Waals surface area contributed by atoms with Crippen molar-refractivity contribution in [2.45, 2.75) is 20.3 Å². The number of carbonyl (C=O) groups is 1. The van der Waals surface area contributed by atoms with Crippen LogP contribution in [0.3, 0.4) is 0 Å². The van der Waals surface area contributed by atoms with E-state index >= 15 is 0 Å². The first-order valence-electron chi connectivity index (χ1n) is 11.9. The fourth-order valence-electron chi connectivity index (χ4n) is 4.14. The number of hydrogen-bond acceptors (Lipinski definition) is 5. The quantitative estimate of drug-likeness (QED) is 0.268. The molecule has 0 bridgehead atoms. The van der Waals surface area contributed by atoms with Gasteiger partial charge in [0.05, 0.1) is 27.1 Å². The molecule has 4 aromatic rings. The minimum Gasteiger partial charge on any atom is -0.497 e. The normalized spacial score (nSPS) is 11.4. The summed E-state index contributed by atoms with van der Waals surface area (Å²) in [6.07, 6.45) is 4.06. The average Bonchev–Trinajstić information content (AvgIpc) is 3.31. The number of methoxy groups -OCH3 is 2. The van der Waals surface area contributed by atoms with Gasteiger partial charge in [-0.15, -0.1) is 0 Å². The number of rotatable bonds is 10. The molecule has 0 radical (unpaired) electrons. The Morgan fingerprint density at radius 2 is 1.75 bits per heavy atom. The zero-order valence-corrected chi connectivity index (χ0v) is 21.1. The highest BCUT2D eigenvalue weighted by Crippen LogP contribution is 2.38. The molecule has 0 fully saturated rings. The van der Waals surface area contributed by atoms with Crippen LogP contribution in [-0.4, -0.2) is 33.3 Å². The number of amides is 1. The molecule has 1 amide bonds. The van der Waals surface area contributed by atoms with Crippen molar-refractivity contribution in [1.82, 2.24) is 5.32 Å². The maximum atomic E-state index is 12.7. The monoisotopic (exact) mass is 485 g/mol. The maximum absolute atomic E-state index is 12.7. The Hall–Kier alpha value is -4.19. The highest BCUT2D eigenvalue weighted by Gasteiger charge is 2.15. The second-order valence-electron chi connectivity index (χ2n) is 8.38. The molecule has 1 aromatic heterocycles. The molecule has 0 aliphatic rings. The van der Waals surface area contributed by atoms with Gasteiger partial charge in [-0.05, 0) is 67.3 Å². The molecule has 6 heteroatoms. The summed E-state index contributed by atoms with van der Waals surface area (Å²) in [4.78, 5) is 12.7. The van der Waals surface area contributed by atoms with Crippen LogP contribution in [0, 0.1) is 0 Å². The predicted molar refractivity (Wildman–Crippen MR) is 143 cm³/mol. The van der Waals surface area contributed by atoms with Gasteiger partial charge in [-0.1, -0.05) is 24.3 Å². The van der Waals surface area contributed by atoms with Crippen LogP contribution in [0.15, 0.2) is 77.4 Å². The summed E-state index contributed by atoms with van der Waals surface area (Å²) in [5, 5.41) is 3.91. The van der Waals surface area contributed by atoms with Crippen LogP contribution in [0.25, 0.3) is 27.7 Å². The molecule has 36 heavy (non-hydrogen) atoms. The molecule has 1 N–H and O–H groups in total. The summed E-state index contributed by atoms with van der Waals surface area (Å²) >= 11 is 0. The predicted octanol–water partition coefficient (Wildman–Crippen LogP) is 6.28. The van der Waals surface area contributed by atoms with Crippen LogP contribution in [0.1, 0.15) is 25.0 Å². The molecular weight excluding hydrogens is 454 g/mol. The molecule has 6 nitrogen and oxygen atoms in total. The van der Waals surface area contributed by atoms with Gasteiger partial charge in [0.1, 0.15) is 22.8 Å². The van der Waals surface area contributed by atoms with Gasteiger partial charge in [0.25, 0.3) is 0 Å². The highest BCUT2D eigenvalue weighted by molar-refractivity contribution is 6.00. The van der Waals surface area contributed by atoms with Gasteiger partial charge >= 0.3 is 0 Å². The van der Waals surface area contributed by atoms with E-state index in [-0.39, 0.29) is 5.91 Å². The molecule has 0 aliphatic heterocycles. The van der Waals surface area contributed by atoms with Gasteiger partial charge in [-0.2, -0.15) is 0 Å². The molecular formula is C30H31NO5. The minimum atomic E-state index is -0.154. The lowest BCUT2D eigenvalue weighted by atomic mass is 9.99. The van der Waals surface area contributed by atoms with E-state index in [4.69, 9.17) is 18.6 Å². The van der Waals surface area contributed by atoms with E-state index in [1.807, 2.05) is 74.5 Å². The van der Waals surface area contributed by atoms with Crippen LogP contribution in [0.2, 0.25) is 0 Å². The molecule has 1 heterocycles. The fourth-order valence-corrected chi connectivity index (χ4v) is 4.14. The summed E-state index contributed by atoms with van der Waals surface area (Å²) in [7, 11) is 3.29. The number of hydrogen-bond donors (Lipinski definition) is 1. The zero-order chi connectivity index (χ0) is 25.5. The third-order valence-electron chi connectivity index (χ3n) is 5.98. The molecule has 186 valence electrons. The third-order valence-corrected chi connectivity index (χ3v) is 5.98. The number of benzene rings is 3. The number of fused-ring (bicyclic) bond motifs is 1. The largest absolute Gasteiger partial charge is 0.497 e. The first-order chi connectivity index (χ1) is 17.5.